The van der Waals surface area contributed by atoms with Crippen LogP contribution in [0.2, 0.25) is 0 Å². The van der Waals surface area contributed by atoms with E-state index in [-0.39, 0.29) is 5.91 Å². The van der Waals surface area contributed by atoms with E-state index in [9.17, 15) is 4.79 Å². The summed E-state index contributed by atoms with van der Waals surface area (Å²) in [5.74, 6) is 0.193. The standard InChI is InChI=1S/C22H24N8O/c1-13-10-29(9-8-23-13)17-5-4-16(19-20(17)25-7-6-24-19)22(31)28-18-12-30-11-14(2)26-21(30)15(3)27-18/h4-7,11-13,23H,8-10H2,1-3H3,(H,28,31). The van der Waals surface area contributed by atoms with E-state index < -0.39 is 0 Å². The number of piperazine rings is 1. The molecule has 0 radical (unpaired) electrons. The summed E-state index contributed by atoms with van der Waals surface area (Å²) in [5.41, 5.74) is 5.20. The molecule has 4 aromatic rings. The smallest absolute Gasteiger partial charge is 0.259 e. The molecule has 0 saturated carbocycles. The average Bonchev–Trinajstić information content (AvgIpc) is 3.13. The van der Waals surface area contributed by atoms with Gasteiger partial charge >= 0.3 is 0 Å². The van der Waals surface area contributed by atoms with Gasteiger partial charge in [0, 0.05) is 44.3 Å². The molecule has 0 aliphatic carbocycles. The first kappa shape index (κ1) is 19.4. The zero-order valence-corrected chi connectivity index (χ0v) is 17.8. The Balaban J connectivity index is 1.50. The van der Waals surface area contributed by atoms with Gasteiger partial charge in [-0.1, -0.05) is 0 Å². The van der Waals surface area contributed by atoms with Crippen molar-refractivity contribution in [1.82, 2.24) is 29.7 Å². The van der Waals surface area contributed by atoms with Crippen molar-refractivity contribution in [3.8, 4) is 0 Å². The van der Waals surface area contributed by atoms with Crippen molar-refractivity contribution in [2.75, 3.05) is 29.9 Å². The van der Waals surface area contributed by atoms with E-state index in [1.165, 1.54) is 0 Å². The average molecular weight is 416 g/mol. The van der Waals surface area contributed by atoms with E-state index in [4.69, 9.17) is 0 Å². The Hall–Kier alpha value is -3.59. The van der Waals surface area contributed by atoms with Crippen molar-refractivity contribution >= 4 is 34.1 Å². The van der Waals surface area contributed by atoms with E-state index >= 15 is 0 Å². The van der Waals surface area contributed by atoms with E-state index in [1.54, 1.807) is 18.6 Å². The molecule has 1 amide bonds. The molecular formula is C22H24N8O. The molecule has 1 aliphatic rings. The maximum Gasteiger partial charge on any atom is 0.259 e. The number of nitrogens with zero attached hydrogens (tertiary/aromatic N) is 6. The molecule has 4 heterocycles. The quantitative estimate of drug-likeness (QED) is 0.529. The molecule has 1 aliphatic heterocycles. The molecule has 1 aromatic carbocycles. The molecule has 0 spiro atoms. The Morgan fingerprint density at radius 2 is 1.94 bits per heavy atom. The molecular weight excluding hydrogens is 392 g/mol. The maximum absolute atomic E-state index is 13.2. The lowest BCUT2D eigenvalue weighted by Gasteiger charge is -2.34. The first-order valence-corrected chi connectivity index (χ1v) is 10.4. The van der Waals surface area contributed by atoms with Crippen LogP contribution in [0.4, 0.5) is 11.5 Å². The van der Waals surface area contributed by atoms with Crippen LogP contribution in [-0.4, -0.2) is 55.9 Å². The molecule has 31 heavy (non-hydrogen) atoms. The molecule has 158 valence electrons. The van der Waals surface area contributed by atoms with Crippen LogP contribution in [-0.2, 0) is 0 Å². The van der Waals surface area contributed by atoms with Crippen LogP contribution < -0.4 is 15.5 Å². The van der Waals surface area contributed by atoms with Crippen LogP contribution in [0.3, 0.4) is 0 Å². The number of carbonyl (C=O) groups is 1. The van der Waals surface area contributed by atoms with Crippen molar-refractivity contribution < 1.29 is 4.79 Å². The summed E-state index contributed by atoms with van der Waals surface area (Å²) in [7, 11) is 0. The summed E-state index contributed by atoms with van der Waals surface area (Å²) in [6, 6.07) is 4.17. The molecule has 9 heteroatoms. The molecule has 2 N–H and O–H groups in total. The topological polar surface area (TPSA) is 100 Å². The molecule has 1 fully saturated rings. The summed E-state index contributed by atoms with van der Waals surface area (Å²) in [5, 5.41) is 6.36. The zero-order valence-electron chi connectivity index (χ0n) is 17.8. The minimum atomic E-state index is -0.270. The Kier molecular flexibility index (Phi) is 4.74. The Morgan fingerprint density at radius 3 is 2.74 bits per heavy atom. The number of amides is 1. The van der Waals surface area contributed by atoms with Gasteiger partial charge in [0.25, 0.3) is 5.91 Å². The number of fused-ring (bicyclic) bond motifs is 2. The first-order valence-electron chi connectivity index (χ1n) is 10.4. The Bertz CT molecular complexity index is 1300. The minimum absolute atomic E-state index is 0.270. The lowest BCUT2D eigenvalue weighted by Crippen LogP contribution is -2.49. The normalized spacial score (nSPS) is 16.7. The van der Waals surface area contributed by atoms with Gasteiger partial charge in [-0.25, -0.2) is 9.97 Å². The number of imidazole rings is 1. The predicted octanol–water partition coefficient (Wildman–Crippen LogP) is 2.34. The maximum atomic E-state index is 13.2. The van der Waals surface area contributed by atoms with Gasteiger partial charge in [-0.05, 0) is 32.9 Å². The van der Waals surface area contributed by atoms with Crippen LogP contribution in [0.15, 0.2) is 36.9 Å². The number of aryl methyl sites for hydroxylation is 2. The predicted molar refractivity (Wildman–Crippen MR) is 120 cm³/mol. The second-order valence-corrected chi connectivity index (χ2v) is 7.97. The number of aromatic nitrogens is 5. The third kappa shape index (κ3) is 3.57. The number of benzene rings is 1. The van der Waals surface area contributed by atoms with Crippen LogP contribution in [0.1, 0.15) is 28.7 Å². The third-order valence-corrected chi connectivity index (χ3v) is 5.53. The highest BCUT2D eigenvalue weighted by Crippen LogP contribution is 2.28. The van der Waals surface area contributed by atoms with Gasteiger partial charge in [-0.2, -0.15) is 0 Å². The summed E-state index contributed by atoms with van der Waals surface area (Å²) < 4.78 is 1.87. The highest BCUT2D eigenvalue weighted by molar-refractivity contribution is 6.12. The number of rotatable bonds is 3. The number of carbonyl (C=O) groups excluding carboxylic acids is 1. The van der Waals surface area contributed by atoms with Crippen molar-refractivity contribution in [2.45, 2.75) is 26.8 Å². The molecule has 5 rings (SSSR count). The fourth-order valence-corrected chi connectivity index (χ4v) is 4.15. The highest BCUT2D eigenvalue weighted by Gasteiger charge is 2.22. The lowest BCUT2D eigenvalue weighted by atomic mass is 10.1. The largest absolute Gasteiger partial charge is 0.367 e. The second kappa shape index (κ2) is 7.59. The SMILES string of the molecule is Cc1cn2cc(NC(=O)c3ccc(N4CCNC(C)C4)c4nccnc34)nc(C)c2n1. The molecule has 3 aromatic heterocycles. The van der Waals surface area contributed by atoms with Crippen LogP contribution in [0.5, 0.6) is 0 Å². The summed E-state index contributed by atoms with van der Waals surface area (Å²) in [6.45, 7) is 8.64. The van der Waals surface area contributed by atoms with Crippen LogP contribution in [0, 0.1) is 13.8 Å². The Morgan fingerprint density at radius 1 is 1.13 bits per heavy atom. The number of hydrogen-bond donors (Lipinski definition) is 2. The monoisotopic (exact) mass is 416 g/mol. The number of nitrogens with one attached hydrogen (secondary N) is 2. The first-order chi connectivity index (χ1) is 15.0. The van der Waals surface area contributed by atoms with Gasteiger partial charge < -0.3 is 19.9 Å². The van der Waals surface area contributed by atoms with Gasteiger partial charge in [0.15, 0.2) is 5.65 Å². The fourth-order valence-electron chi connectivity index (χ4n) is 4.15. The van der Waals surface area contributed by atoms with Crippen molar-refractivity contribution in [1.29, 1.82) is 0 Å². The van der Waals surface area contributed by atoms with E-state index in [2.05, 4.69) is 42.4 Å². The minimum Gasteiger partial charge on any atom is -0.367 e. The number of hydrogen-bond acceptors (Lipinski definition) is 7. The summed E-state index contributed by atoms with van der Waals surface area (Å²) in [4.78, 5) is 33.4. The Labute approximate surface area is 179 Å². The second-order valence-electron chi connectivity index (χ2n) is 7.97. The van der Waals surface area contributed by atoms with Crippen LogP contribution in [0.25, 0.3) is 16.7 Å². The molecule has 1 saturated heterocycles. The van der Waals surface area contributed by atoms with Gasteiger partial charge in [-0.15, -0.1) is 0 Å². The lowest BCUT2D eigenvalue weighted by molar-refractivity contribution is 0.102. The molecule has 9 nitrogen and oxygen atoms in total. The van der Waals surface area contributed by atoms with Crippen molar-refractivity contribution in [3.05, 3.63) is 53.9 Å². The summed E-state index contributed by atoms with van der Waals surface area (Å²) in [6.07, 6.45) is 6.96. The molecule has 0 bridgehead atoms. The van der Waals surface area contributed by atoms with Crippen molar-refractivity contribution in [3.63, 3.8) is 0 Å². The van der Waals surface area contributed by atoms with Gasteiger partial charge in [0.2, 0.25) is 0 Å². The van der Waals surface area contributed by atoms with Gasteiger partial charge in [0.1, 0.15) is 16.9 Å². The molecule has 1 atom stereocenters. The van der Waals surface area contributed by atoms with E-state index in [0.29, 0.717) is 22.9 Å². The summed E-state index contributed by atoms with van der Waals surface area (Å²) >= 11 is 0. The number of anilines is 2. The van der Waals surface area contributed by atoms with E-state index in [0.717, 1.165) is 47.9 Å². The highest BCUT2D eigenvalue weighted by atomic mass is 16.1. The van der Waals surface area contributed by atoms with E-state index in [1.807, 2.05) is 36.6 Å². The van der Waals surface area contributed by atoms with Crippen LogP contribution >= 0.6 is 0 Å². The van der Waals surface area contributed by atoms with Crippen molar-refractivity contribution in [2.24, 2.45) is 0 Å². The van der Waals surface area contributed by atoms with Gasteiger partial charge in [-0.3, -0.25) is 14.8 Å². The molecule has 1 unspecified atom stereocenters. The zero-order chi connectivity index (χ0) is 21.5. The van der Waals surface area contributed by atoms with Gasteiger partial charge in [0.05, 0.1) is 28.8 Å². The fraction of sp³-hybridized carbons (Fsp3) is 0.318. The third-order valence-electron chi connectivity index (χ3n) is 5.53.